The van der Waals surface area contributed by atoms with Crippen LogP contribution in [0.4, 0.5) is 0 Å². The molecule has 0 saturated carbocycles. The molecule has 1 atom stereocenters. The molecule has 0 aliphatic carbocycles. The quantitative estimate of drug-likeness (QED) is 0.594. The molecule has 0 spiro atoms. The number of allylic oxidation sites excluding steroid dienone is 1. The molecule has 0 aromatic heterocycles. The van der Waals surface area contributed by atoms with Crippen LogP contribution in [0, 0.1) is 0 Å². The van der Waals surface area contributed by atoms with Crippen LogP contribution >= 0.6 is 12.2 Å². The Bertz CT molecular complexity index is 700. The topological polar surface area (TPSA) is 68.8 Å². The number of carbonyl (C=O) groups excluding carboxylic acids is 1. The van der Waals surface area contributed by atoms with Gasteiger partial charge in [-0.05, 0) is 57.6 Å². The number of ether oxygens (including phenoxy) is 3. The van der Waals surface area contributed by atoms with Crippen molar-refractivity contribution in [2.75, 3.05) is 13.7 Å². The third-order valence-corrected chi connectivity index (χ3v) is 3.87. The van der Waals surface area contributed by atoms with Crippen molar-refractivity contribution >= 4 is 23.3 Å². The van der Waals surface area contributed by atoms with Crippen molar-refractivity contribution in [2.45, 2.75) is 39.8 Å². The van der Waals surface area contributed by atoms with Crippen LogP contribution in [-0.2, 0) is 9.53 Å². The number of carbonyl (C=O) groups is 1. The Kier molecular flexibility index (Phi) is 6.25. The van der Waals surface area contributed by atoms with Crippen molar-refractivity contribution in [3.8, 4) is 11.5 Å². The van der Waals surface area contributed by atoms with E-state index in [1.54, 1.807) is 7.11 Å². The molecule has 1 aromatic rings. The zero-order chi connectivity index (χ0) is 18.6. The van der Waals surface area contributed by atoms with E-state index in [0.717, 1.165) is 5.56 Å². The molecule has 6 nitrogen and oxygen atoms in total. The van der Waals surface area contributed by atoms with Gasteiger partial charge in [-0.3, -0.25) is 0 Å². The Balaban J connectivity index is 2.46. The van der Waals surface area contributed by atoms with Crippen molar-refractivity contribution < 1.29 is 19.0 Å². The molecule has 25 heavy (non-hydrogen) atoms. The predicted molar refractivity (Wildman–Crippen MR) is 99.7 cm³/mol. The summed E-state index contributed by atoms with van der Waals surface area (Å²) in [6.07, 6.45) is -0.211. The Morgan fingerprint density at radius 2 is 2.04 bits per heavy atom. The van der Waals surface area contributed by atoms with Crippen LogP contribution in [0.25, 0.3) is 0 Å². The molecule has 0 saturated heterocycles. The second-order valence-corrected chi connectivity index (χ2v) is 6.28. The van der Waals surface area contributed by atoms with Crippen LogP contribution in [0.2, 0.25) is 0 Å². The fourth-order valence-corrected chi connectivity index (χ4v) is 2.90. The van der Waals surface area contributed by atoms with E-state index in [-0.39, 0.29) is 12.1 Å². The van der Waals surface area contributed by atoms with E-state index in [0.29, 0.717) is 34.5 Å². The smallest absolute Gasteiger partial charge is 0.338 e. The lowest BCUT2D eigenvalue weighted by atomic mass is 9.95. The average Bonchev–Trinajstić information content (AvgIpc) is 2.53. The van der Waals surface area contributed by atoms with E-state index < -0.39 is 6.04 Å². The minimum atomic E-state index is -0.426. The molecular weight excluding hydrogens is 340 g/mol. The summed E-state index contributed by atoms with van der Waals surface area (Å²) in [4.78, 5) is 12.6. The maximum atomic E-state index is 12.6. The minimum absolute atomic E-state index is 0.211. The molecule has 2 N–H and O–H groups in total. The van der Waals surface area contributed by atoms with Crippen molar-refractivity contribution in [3.63, 3.8) is 0 Å². The first-order valence-electron chi connectivity index (χ1n) is 8.17. The van der Waals surface area contributed by atoms with Gasteiger partial charge in [-0.1, -0.05) is 6.07 Å². The van der Waals surface area contributed by atoms with E-state index in [1.807, 2.05) is 45.9 Å². The monoisotopic (exact) mass is 364 g/mol. The number of thiocarbonyl (C=S) groups is 1. The molecule has 0 bridgehead atoms. The second kappa shape index (κ2) is 8.20. The van der Waals surface area contributed by atoms with Gasteiger partial charge in [-0.25, -0.2) is 4.79 Å². The Labute approximate surface area is 153 Å². The highest BCUT2D eigenvalue weighted by Crippen LogP contribution is 2.34. The molecule has 0 amide bonds. The molecule has 0 radical (unpaired) electrons. The summed E-state index contributed by atoms with van der Waals surface area (Å²) in [5, 5.41) is 6.58. The third-order valence-electron chi connectivity index (χ3n) is 3.65. The standard InChI is InChI=1S/C18H24N2O4S/c1-6-23-14-9-12(7-8-13(14)22-5)16-15(17(21)24-10(2)3)11(4)19-18(25)20-16/h7-10,16H,6H2,1-5H3,(H2,19,20,25)/t16-/m1/s1. The van der Waals surface area contributed by atoms with Gasteiger partial charge in [0.2, 0.25) is 0 Å². The molecule has 1 heterocycles. The molecule has 1 aromatic carbocycles. The molecule has 7 heteroatoms. The number of hydrogen-bond donors (Lipinski definition) is 2. The van der Waals surface area contributed by atoms with E-state index in [1.165, 1.54) is 0 Å². The molecular formula is C18H24N2O4S. The van der Waals surface area contributed by atoms with Gasteiger partial charge < -0.3 is 24.8 Å². The fourth-order valence-electron chi connectivity index (χ4n) is 2.63. The number of rotatable bonds is 6. The minimum Gasteiger partial charge on any atom is -0.493 e. The summed E-state index contributed by atoms with van der Waals surface area (Å²) in [5.74, 6) is 0.867. The number of hydrogen-bond acceptors (Lipinski definition) is 5. The van der Waals surface area contributed by atoms with Crippen LogP contribution in [0.15, 0.2) is 29.5 Å². The molecule has 0 fully saturated rings. The van der Waals surface area contributed by atoms with Gasteiger partial charge in [-0.15, -0.1) is 0 Å². The van der Waals surface area contributed by atoms with Crippen molar-refractivity contribution in [1.82, 2.24) is 10.6 Å². The van der Waals surface area contributed by atoms with Crippen LogP contribution in [-0.4, -0.2) is 30.9 Å². The number of nitrogens with one attached hydrogen (secondary N) is 2. The maximum Gasteiger partial charge on any atom is 0.338 e. The average molecular weight is 364 g/mol. The summed E-state index contributed by atoms with van der Waals surface area (Å²) in [6, 6.07) is 5.12. The first-order valence-corrected chi connectivity index (χ1v) is 8.58. The normalized spacial score (nSPS) is 17.0. The lowest BCUT2D eigenvalue weighted by molar-refractivity contribution is -0.143. The number of benzene rings is 1. The van der Waals surface area contributed by atoms with Crippen molar-refractivity contribution in [1.29, 1.82) is 0 Å². The van der Waals surface area contributed by atoms with Gasteiger partial charge in [0.1, 0.15) is 0 Å². The van der Waals surface area contributed by atoms with E-state index in [4.69, 9.17) is 26.4 Å². The fraction of sp³-hybridized carbons (Fsp3) is 0.444. The van der Waals surface area contributed by atoms with Crippen molar-refractivity contribution in [2.24, 2.45) is 0 Å². The SMILES string of the molecule is CCOc1cc([C@H]2NC(=S)NC(C)=C2C(=O)OC(C)C)ccc1OC. The Hall–Kier alpha value is -2.28. The number of methoxy groups -OCH3 is 1. The summed E-state index contributed by atoms with van der Waals surface area (Å²) in [6.45, 7) is 7.86. The van der Waals surface area contributed by atoms with Crippen LogP contribution in [0.1, 0.15) is 39.3 Å². The lowest BCUT2D eigenvalue weighted by Gasteiger charge is -2.30. The first kappa shape index (κ1) is 19.1. The summed E-state index contributed by atoms with van der Waals surface area (Å²) in [7, 11) is 1.59. The summed E-state index contributed by atoms with van der Waals surface area (Å²) in [5.41, 5.74) is 2.01. The predicted octanol–water partition coefficient (Wildman–Crippen LogP) is 2.84. The van der Waals surface area contributed by atoms with Crippen LogP contribution in [0.5, 0.6) is 11.5 Å². The highest BCUT2D eigenvalue weighted by molar-refractivity contribution is 7.80. The van der Waals surface area contributed by atoms with Gasteiger partial charge in [0, 0.05) is 5.70 Å². The van der Waals surface area contributed by atoms with Crippen LogP contribution in [0.3, 0.4) is 0 Å². The summed E-state index contributed by atoms with van der Waals surface area (Å²) >= 11 is 5.26. The first-order chi connectivity index (χ1) is 11.9. The number of esters is 1. The maximum absolute atomic E-state index is 12.6. The second-order valence-electron chi connectivity index (χ2n) is 5.87. The highest BCUT2D eigenvalue weighted by atomic mass is 32.1. The van der Waals surface area contributed by atoms with E-state index in [2.05, 4.69) is 10.6 Å². The molecule has 0 unspecified atom stereocenters. The molecule has 136 valence electrons. The van der Waals surface area contributed by atoms with Gasteiger partial charge in [0.05, 0.1) is 31.4 Å². The Morgan fingerprint density at radius 1 is 1.32 bits per heavy atom. The third kappa shape index (κ3) is 4.42. The highest BCUT2D eigenvalue weighted by Gasteiger charge is 2.32. The molecule has 2 rings (SSSR count). The Morgan fingerprint density at radius 3 is 2.64 bits per heavy atom. The molecule has 1 aliphatic heterocycles. The zero-order valence-electron chi connectivity index (χ0n) is 15.1. The van der Waals surface area contributed by atoms with Gasteiger partial charge in [-0.2, -0.15) is 0 Å². The van der Waals surface area contributed by atoms with Gasteiger partial charge in [0.15, 0.2) is 16.6 Å². The largest absolute Gasteiger partial charge is 0.493 e. The van der Waals surface area contributed by atoms with E-state index >= 15 is 0 Å². The van der Waals surface area contributed by atoms with Gasteiger partial charge in [0.25, 0.3) is 0 Å². The van der Waals surface area contributed by atoms with Crippen molar-refractivity contribution in [3.05, 3.63) is 35.0 Å². The van der Waals surface area contributed by atoms with Gasteiger partial charge >= 0.3 is 5.97 Å². The summed E-state index contributed by atoms with van der Waals surface area (Å²) < 4.78 is 16.4. The molecule has 1 aliphatic rings. The van der Waals surface area contributed by atoms with E-state index in [9.17, 15) is 4.79 Å². The lowest BCUT2D eigenvalue weighted by Crippen LogP contribution is -2.45. The zero-order valence-corrected chi connectivity index (χ0v) is 16.0. The van der Waals surface area contributed by atoms with Crippen LogP contribution < -0.4 is 20.1 Å².